The van der Waals surface area contributed by atoms with E-state index in [0.717, 1.165) is 44.9 Å². The number of carbonyl (C=O) groups is 3. The number of hydrogen-bond donors (Lipinski definition) is 1. The number of hydrogen-bond acceptors (Lipinski definition) is 7. The molecule has 75 heavy (non-hydrogen) atoms. The Morgan fingerprint density at radius 3 is 1.11 bits per heavy atom. The standard InChI is InChI=1S/C66H121NO8/c1-6-8-10-12-14-16-18-20-21-22-23-24-25-26-27-28-29-30-31-32-33-34-35-36-37-38-39-40-41-42-43-45-46-48-50-52-54-56-63(68)73-60-62(61-74-66(65(70)71)72-59-58-67(3,4)5)75-64(69)57-55-53-51-49-47-44-19-17-15-13-11-9-7-2/h9,11,15,17,44,47,51,53,62,66H,6-8,10,12-14,16,18-43,45-46,48-50,52,54-61H2,1-5H3/p+1/b11-9-,17-15-,47-44-,53-51-. The van der Waals surface area contributed by atoms with Crippen LogP contribution in [0, 0.1) is 0 Å². The summed E-state index contributed by atoms with van der Waals surface area (Å²) in [4.78, 5) is 37.3. The molecule has 0 fully saturated rings. The number of allylic oxidation sites excluding steroid dienone is 8. The van der Waals surface area contributed by atoms with Crippen LogP contribution in [-0.4, -0.2) is 87.4 Å². The molecule has 438 valence electrons. The third kappa shape index (κ3) is 58.8. The molecule has 0 aliphatic heterocycles. The summed E-state index contributed by atoms with van der Waals surface area (Å²) in [7, 11) is 5.95. The van der Waals surface area contributed by atoms with E-state index in [4.69, 9.17) is 18.9 Å². The highest BCUT2D eigenvalue weighted by atomic mass is 16.7. The lowest BCUT2D eigenvalue weighted by Gasteiger charge is -2.25. The summed E-state index contributed by atoms with van der Waals surface area (Å²) in [5.41, 5.74) is 0. The van der Waals surface area contributed by atoms with Crippen molar-refractivity contribution in [3.8, 4) is 0 Å². The molecular formula is C66H122NO8+. The molecule has 0 rings (SSSR count). The van der Waals surface area contributed by atoms with E-state index in [1.165, 1.54) is 218 Å². The van der Waals surface area contributed by atoms with Gasteiger partial charge in [-0.2, -0.15) is 0 Å². The van der Waals surface area contributed by atoms with Crippen LogP contribution in [0.25, 0.3) is 0 Å². The van der Waals surface area contributed by atoms with E-state index < -0.39 is 24.3 Å². The van der Waals surface area contributed by atoms with Gasteiger partial charge >= 0.3 is 17.9 Å². The predicted octanol–water partition coefficient (Wildman–Crippen LogP) is 19.0. The van der Waals surface area contributed by atoms with Gasteiger partial charge in [0.15, 0.2) is 6.10 Å². The SMILES string of the molecule is CC/C=C\C/C=C\C/C=C\C/C=C\CCC(=O)OC(COC(=O)CCCCCCCCCCCCCCCCCCCCCCCCCCCCCCCCCCCCCCC)COC(OCC[N+](C)(C)C)C(=O)O. The number of rotatable bonds is 59. The third-order valence-electron chi connectivity index (χ3n) is 14.1. The van der Waals surface area contributed by atoms with Crippen molar-refractivity contribution in [3.05, 3.63) is 48.6 Å². The van der Waals surface area contributed by atoms with E-state index in [0.29, 0.717) is 23.9 Å². The Morgan fingerprint density at radius 1 is 0.413 bits per heavy atom. The van der Waals surface area contributed by atoms with E-state index in [2.05, 4.69) is 50.3 Å². The minimum Gasteiger partial charge on any atom is -0.477 e. The zero-order valence-corrected chi connectivity index (χ0v) is 50.0. The van der Waals surface area contributed by atoms with Crippen molar-refractivity contribution >= 4 is 17.9 Å². The first kappa shape index (κ1) is 72.2. The summed E-state index contributed by atoms with van der Waals surface area (Å²) in [6.45, 7) is 4.70. The molecule has 0 saturated heterocycles. The Bertz CT molecular complexity index is 1370. The molecule has 2 atom stereocenters. The highest BCUT2D eigenvalue weighted by molar-refractivity contribution is 5.71. The molecule has 0 heterocycles. The molecular weight excluding hydrogens is 935 g/mol. The molecule has 0 saturated carbocycles. The van der Waals surface area contributed by atoms with Crippen LogP contribution >= 0.6 is 0 Å². The van der Waals surface area contributed by atoms with Crippen molar-refractivity contribution in [3.63, 3.8) is 0 Å². The van der Waals surface area contributed by atoms with Gasteiger partial charge in [-0.05, 0) is 38.5 Å². The van der Waals surface area contributed by atoms with Crippen LogP contribution in [-0.2, 0) is 33.3 Å². The second-order valence-corrected chi connectivity index (χ2v) is 22.7. The first-order chi connectivity index (χ1) is 36.6. The average molecular weight is 1060 g/mol. The van der Waals surface area contributed by atoms with E-state index >= 15 is 0 Å². The molecule has 0 bridgehead atoms. The van der Waals surface area contributed by atoms with Crippen molar-refractivity contribution in [1.82, 2.24) is 0 Å². The maximum atomic E-state index is 12.8. The third-order valence-corrected chi connectivity index (χ3v) is 14.1. The summed E-state index contributed by atoms with van der Waals surface area (Å²) in [5.74, 6) is -2.10. The molecule has 0 spiro atoms. The summed E-state index contributed by atoms with van der Waals surface area (Å²) in [6, 6.07) is 0. The van der Waals surface area contributed by atoms with Gasteiger partial charge < -0.3 is 28.5 Å². The fourth-order valence-electron chi connectivity index (χ4n) is 9.27. The number of nitrogens with zero attached hydrogens (tertiary/aromatic N) is 1. The molecule has 0 aliphatic carbocycles. The zero-order valence-electron chi connectivity index (χ0n) is 50.0. The van der Waals surface area contributed by atoms with Crippen LogP contribution in [0.5, 0.6) is 0 Å². The number of likely N-dealkylation sites (N-methyl/N-ethyl adjacent to an activating group) is 1. The number of carbonyl (C=O) groups excluding carboxylic acids is 2. The highest BCUT2D eigenvalue weighted by Crippen LogP contribution is 2.18. The molecule has 0 aromatic heterocycles. The summed E-state index contributed by atoms with van der Waals surface area (Å²) in [5, 5.41) is 9.68. The van der Waals surface area contributed by atoms with Gasteiger partial charge in [-0.15, -0.1) is 0 Å². The minimum atomic E-state index is -1.53. The molecule has 9 nitrogen and oxygen atoms in total. The molecule has 0 aliphatic rings. The maximum absolute atomic E-state index is 12.8. The van der Waals surface area contributed by atoms with Crippen molar-refractivity contribution in [2.24, 2.45) is 0 Å². The number of ether oxygens (including phenoxy) is 4. The number of quaternary nitrogens is 1. The Balaban J connectivity index is 3.94. The predicted molar refractivity (Wildman–Crippen MR) is 318 cm³/mol. The quantitative estimate of drug-likeness (QED) is 0.0211. The number of carboxylic acid groups (broad SMARTS) is 1. The van der Waals surface area contributed by atoms with Crippen molar-refractivity contribution < 1.29 is 42.9 Å². The van der Waals surface area contributed by atoms with E-state index in [9.17, 15) is 19.5 Å². The Hall–Kier alpha value is -2.75. The van der Waals surface area contributed by atoms with Crippen LogP contribution in [0.15, 0.2) is 48.6 Å². The molecule has 0 radical (unpaired) electrons. The lowest BCUT2D eigenvalue weighted by molar-refractivity contribution is -0.870. The number of unbranched alkanes of at least 4 members (excludes halogenated alkanes) is 36. The summed E-state index contributed by atoms with van der Waals surface area (Å²) >= 11 is 0. The number of carboxylic acids is 1. The van der Waals surface area contributed by atoms with E-state index in [1.807, 2.05) is 33.3 Å². The smallest absolute Gasteiger partial charge is 0.361 e. The first-order valence-corrected chi connectivity index (χ1v) is 31.8. The second-order valence-electron chi connectivity index (χ2n) is 22.7. The van der Waals surface area contributed by atoms with Crippen molar-refractivity contribution in [1.29, 1.82) is 0 Å². The van der Waals surface area contributed by atoms with Crippen molar-refractivity contribution in [2.45, 2.75) is 309 Å². The first-order valence-electron chi connectivity index (χ1n) is 31.8. The summed E-state index contributed by atoms with van der Waals surface area (Å²) < 4.78 is 22.7. The van der Waals surface area contributed by atoms with Gasteiger partial charge in [0, 0.05) is 12.8 Å². The monoisotopic (exact) mass is 1060 g/mol. The minimum absolute atomic E-state index is 0.140. The molecule has 0 aromatic rings. The highest BCUT2D eigenvalue weighted by Gasteiger charge is 2.25. The second kappa shape index (κ2) is 57.4. The Kier molecular flexibility index (Phi) is 55.3. The van der Waals surface area contributed by atoms with Gasteiger partial charge in [0.25, 0.3) is 6.29 Å². The Morgan fingerprint density at radius 2 is 0.760 bits per heavy atom. The normalized spacial score (nSPS) is 13.0. The zero-order chi connectivity index (χ0) is 54.8. The Labute approximate surface area is 463 Å². The molecule has 1 N–H and O–H groups in total. The summed E-state index contributed by atoms with van der Waals surface area (Å²) in [6.07, 6.45) is 69.9. The largest absolute Gasteiger partial charge is 0.477 e. The van der Waals surface area contributed by atoms with E-state index in [-0.39, 0.29) is 32.2 Å². The van der Waals surface area contributed by atoms with Gasteiger partial charge in [-0.3, -0.25) is 9.59 Å². The van der Waals surface area contributed by atoms with Crippen LogP contribution < -0.4 is 0 Å². The van der Waals surface area contributed by atoms with Gasteiger partial charge in [0.2, 0.25) is 0 Å². The van der Waals surface area contributed by atoms with Gasteiger partial charge in [0.1, 0.15) is 13.2 Å². The van der Waals surface area contributed by atoms with Crippen LogP contribution in [0.2, 0.25) is 0 Å². The lowest BCUT2D eigenvalue weighted by Crippen LogP contribution is -2.40. The lowest BCUT2D eigenvalue weighted by atomic mass is 10.0. The average Bonchev–Trinajstić information content (AvgIpc) is 3.38. The number of esters is 2. The molecule has 2 unspecified atom stereocenters. The van der Waals surface area contributed by atoms with Gasteiger partial charge in [-0.1, -0.05) is 294 Å². The van der Waals surface area contributed by atoms with Crippen LogP contribution in [0.1, 0.15) is 296 Å². The van der Waals surface area contributed by atoms with Gasteiger partial charge in [-0.25, -0.2) is 4.79 Å². The number of aliphatic carboxylic acids is 1. The topological polar surface area (TPSA) is 108 Å². The van der Waals surface area contributed by atoms with E-state index in [1.54, 1.807) is 0 Å². The van der Waals surface area contributed by atoms with Crippen LogP contribution in [0.4, 0.5) is 0 Å². The van der Waals surface area contributed by atoms with Crippen LogP contribution in [0.3, 0.4) is 0 Å². The fraction of sp³-hybridized carbons (Fsp3) is 0.833. The van der Waals surface area contributed by atoms with Gasteiger partial charge in [0.05, 0.1) is 34.4 Å². The fourth-order valence-corrected chi connectivity index (χ4v) is 9.27. The molecule has 9 heteroatoms. The van der Waals surface area contributed by atoms with Crippen molar-refractivity contribution in [2.75, 3.05) is 47.5 Å². The maximum Gasteiger partial charge on any atom is 0.361 e. The molecule has 0 amide bonds. The molecule has 0 aromatic carbocycles.